The third-order valence-electron chi connectivity index (χ3n) is 6.33. The van der Waals surface area contributed by atoms with Crippen LogP contribution in [0.15, 0.2) is 24.3 Å². The van der Waals surface area contributed by atoms with Gasteiger partial charge in [0.15, 0.2) is 6.10 Å². The van der Waals surface area contributed by atoms with Crippen LogP contribution in [-0.4, -0.2) is 60.5 Å². The molecule has 0 heterocycles. The molecule has 1 unspecified atom stereocenters. The molecule has 0 saturated heterocycles. The van der Waals surface area contributed by atoms with Gasteiger partial charge in [0.25, 0.3) is 0 Å². The number of aliphatic carboxylic acids is 1. The molecule has 1 aromatic rings. The normalized spacial score (nSPS) is 15.2. The fourth-order valence-electron chi connectivity index (χ4n) is 4.49. The first-order chi connectivity index (χ1) is 16.4. The van der Waals surface area contributed by atoms with E-state index in [1.54, 1.807) is 6.92 Å². The van der Waals surface area contributed by atoms with Crippen LogP contribution in [-0.2, 0) is 16.0 Å². The van der Waals surface area contributed by atoms with E-state index in [9.17, 15) is 14.7 Å². The Morgan fingerprint density at radius 2 is 1.79 bits per heavy atom. The van der Waals surface area contributed by atoms with E-state index in [4.69, 9.17) is 9.47 Å². The summed E-state index contributed by atoms with van der Waals surface area (Å²) >= 11 is 0. The largest absolute Gasteiger partial charge is 0.492 e. The van der Waals surface area contributed by atoms with Gasteiger partial charge in [0.2, 0.25) is 0 Å². The fraction of sp³-hybridized carbons (Fsp3) is 0.704. The number of carboxylic acid groups (broad SMARTS) is 1. The number of carbonyl (C=O) groups is 2. The highest BCUT2D eigenvalue weighted by Crippen LogP contribution is 2.27. The maximum absolute atomic E-state index is 12.6. The summed E-state index contributed by atoms with van der Waals surface area (Å²) in [6.07, 6.45) is 9.79. The molecule has 7 heteroatoms. The number of carbonyl (C=O) groups excluding carboxylic acids is 1. The number of nitrogens with zero attached hydrogens (tertiary/aromatic N) is 1. The van der Waals surface area contributed by atoms with E-state index in [1.165, 1.54) is 38.5 Å². The third-order valence-corrected chi connectivity index (χ3v) is 6.33. The molecule has 0 aromatic heterocycles. The number of amides is 2. The van der Waals surface area contributed by atoms with Gasteiger partial charge in [-0.15, -0.1) is 0 Å². The molecule has 1 aliphatic rings. The van der Waals surface area contributed by atoms with Crippen molar-refractivity contribution in [1.29, 1.82) is 0 Å². The molecular formula is C27H44N2O5. The van der Waals surface area contributed by atoms with Gasteiger partial charge in [-0.25, -0.2) is 9.59 Å². The summed E-state index contributed by atoms with van der Waals surface area (Å²) in [7, 11) is 0. The number of benzene rings is 1. The van der Waals surface area contributed by atoms with Gasteiger partial charge in [-0.1, -0.05) is 57.1 Å². The quantitative estimate of drug-likeness (QED) is 0.337. The van der Waals surface area contributed by atoms with E-state index in [-0.39, 0.29) is 12.1 Å². The fourth-order valence-corrected chi connectivity index (χ4v) is 4.49. The van der Waals surface area contributed by atoms with Crippen LogP contribution in [0.3, 0.4) is 0 Å². The number of ether oxygens (including phenoxy) is 2. The Hall–Kier alpha value is -2.28. The second-order valence-electron chi connectivity index (χ2n) is 9.57. The van der Waals surface area contributed by atoms with Crippen molar-refractivity contribution in [2.45, 2.75) is 90.7 Å². The molecule has 1 atom stereocenters. The molecule has 0 spiro atoms. The Morgan fingerprint density at radius 1 is 1.09 bits per heavy atom. The highest BCUT2D eigenvalue weighted by atomic mass is 16.5. The van der Waals surface area contributed by atoms with Gasteiger partial charge in [0, 0.05) is 25.6 Å². The predicted octanol–water partition coefficient (Wildman–Crippen LogP) is 5.27. The summed E-state index contributed by atoms with van der Waals surface area (Å²) in [5.41, 5.74) is 0.879. The van der Waals surface area contributed by atoms with Crippen molar-refractivity contribution in [3.63, 3.8) is 0 Å². The minimum atomic E-state index is -0.958. The second-order valence-corrected chi connectivity index (χ2v) is 9.57. The van der Waals surface area contributed by atoms with Crippen LogP contribution in [0, 0.1) is 5.92 Å². The highest BCUT2D eigenvalue weighted by molar-refractivity contribution is 5.74. The zero-order chi connectivity index (χ0) is 24.8. The molecule has 1 fully saturated rings. The van der Waals surface area contributed by atoms with Crippen LogP contribution < -0.4 is 10.1 Å². The van der Waals surface area contributed by atoms with E-state index < -0.39 is 12.1 Å². The summed E-state index contributed by atoms with van der Waals surface area (Å²) < 4.78 is 11.2. The first kappa shape index (κ1) is 28.0. The number of carboxylic acids is 1. The lowest BCUT2D eigenvalue weighted by atomic mass is 9.86. The Morgan fingerprint density at radius 3 is 2.41 bits per heavy atom. The molecule has 0 bridgehead atoms. The van der Waals surface area contributed by atoms with Crippen molar-refractivity contribution >= 4 is 12.0 Å². The number of urea groups is 1. The van der Waals surface area contributed by atoms with E-state index in [2.05, 4.69) is 5.32 Å². The molecule has 1 aromatic carbocycles. The van der Waals surface area contributed by atoms with Crippen LogP contribution in [0.1, 0.15) is 77.7 Å². The number of nitrogens with one attached hydrogen (secondary N) is 1. The topological polar surface area (TPSA) is 88.1 Å². The Kier molecular flexibility index (Phi) is 12.8. The molecule has 2 rings (SSSR count). The Balaban J connectivity index is 1.79. The molecule has 0 aliphatic heterocycles. The number of hydrogen-bond donors (Lipinski definition) is 2. The molecule has 34 heavy (non-hydrogen) atoms. The molecular weight excluding hydrogens is 432 g/mol. The lowest BCUT2D eigenvalue weighted by Crippen LogP contribution is -2.45. The zero-order valence-electron chi connectivity index (χ0n) is 21.3. The van der Waals surface area contributed by atoms with Crippen molar-refractivity contribution < 1.29 is 24.2 Å². The minimum Gasteiger partial charge on any atom is -0.492 e. The van der Waals surface area contributed by atoms with Crippen molar-refractivity contribution in [3.8, 4) is 5.75 Å². The number of unbranched alkanes of at least 4 members (excludes halogenated alkanes) is 1. The van der Waals surface area contributed by atoms with Crippen LogP contribution >= 0.6 is 0 Å². The van der Waals surface area contributed by atoms with Gasteiger partial charge in [-0.05, 0) is 50.8 Å². The lowest BCUT2D eigenvalue weighted by molar-refractivity contribution is -0.149. The zero-order valence-corrected chi connectivity index (χ0v) is 21.3. The molecule has 1 aliphatic carbocycles. The third kappa shape index (κ3) is 10.8. The lowest BCUT2D eigenvalue weighted by Gasteiger charge is -2.25. The molecule has 0 radical (unpaired) electrons. The van der Waals surface area contributed by atoms with Crippen LogP contribution in [0.2, 0.25) is 0 Å². The van der Waals surface area contributed by atoms with E-state index >= 15 is 0 Å². The van der Waals surface area contributed by atoms with Crippen molar-refractivity contribution in [2.24, 2.45) is 5.92 Å². The highest BCUT2D eigenvalue weighted by Gasteiger charge is 2.18. The monoisotopic (exact) mass is 476 g/mol. The SMILES string of the molecule is CCOC(Cc1ccc(OCCN(CCCCC2CCCCC2)C(=O)NC(C)C)cc1)C(=O)O. The summed E-state index contributed by atoms with van der Waals surface area (Å²) in [6, 6.07) is 7.45. The number of hydrogen-bond acceptors (Lipinski definition) is 4. The predicted molar refractivity (Wildman–Crippen MR) is 134 cm³/mol. The minimum absolute atomic E-state index is 0.0396. The average molecular weight is 477 g/mol. The maximum atomic E-state index is 12.6. The van der Waals surface area contributed by atoms with Gasteiger partial charge in [-0.3, -0.25) is 0 Å². The summed E-state index contributed by atoms with van der Waals surface area (Å²) in [5.74, 6) is 0.617. The molecule has 7 nitrogen and oxygen atoms in total. The molecule has 2 N–H and O–H groups in total. The van der Waals surface area contributed by atoms with Crippen LogP contribution in [0.5, 0.6) is 5.75 Å². The summed E-state index contributed by atoms with van der Waals surface area (Å²) in [5, 5.41) is 12.2. The first-order valence-electron chi connectivity index (χ1n) is 13.0. The first-order valence-corrected chi connectivity index (χ1v) is 13.0. The van der Waals surface area contributed by atoms with E-state index in [0.717, 1.165) is 30.9 Å². The molecule has 2 amide bonds. The maximum Gasteiger partial charge on any atom is 0.333 e. The van der Waals surface area contributed by atoms with Crippen molar-refractivity contribution in [2.75, 3.05) is 26.3 Å². The molecule has 192 valence electrons. The standard InChI is InChI=1S/C27H44N2O5/c1-4-33-25(26(30)31)20-23-13-15-24(16-14-23)34-19-18-29(27(32)28-21(2)3)17-9-8-12-22-10-6-5-7-11-22/h13-16,21-22,25H,4-12,17-20H2,1-3H3,(H,28,32)(H,30,31). The van der Waals surface area contributed by atoms with E-state index in [0.29, 0.717) is 31.9 Å². The smallest absolute Gasteiger partial charge is 0.333 e. The van der Waals surface area contributed by atoms with Crippen LogP contribution in [0.25, 0.3) is 0 Å². The van der Waals surface area contributed by atoms with Gasteiger partial charge in [-0.2, -0.15) is 0 Å². The number of rotatable bonds is 15. The van der Waals surface area contributed by atoms with Crippen molar-refractivity contribution in [3.05, 3.63) is 29.8 Å². The Labute approximate surface area is 205 Å². The second kappa shape index (κ2) is 15.6. The average Bonchev–Trinajstić information content (AvgIpc) is 2.81. The van der Waals surface area contributed by atoms with Gasteiger partial charge < -0.3 is 24.8 Å². The van der Waals surface area contributed by atoms with Gasteiger partial charge in [0.1, 0.15) is 12.4 Å². The van der Waals surface area contributed by atoms with E-state index in [1.807, 2.05) is 43.0 Å². The van der Waals surface area contributed by atoms with Crippen LogP contribution in [0.4, 0.5) is 4.79 Å². The van der Waals surface area contributed by atoms with Crippen molar-refractivity contribution in [1.82, 2.24) is 10.2 Å². The summed E-state index contributed by atoms with van der Waals surface area (Å²) in [4.78, 5) is 25.8. The van der Waals surface area contributed by atoms with Gasteiger partial charge in [0.05, 0.1) is 6.54 Å². The Bertz CT molecular complexity index is 716. The molecule has 1 saturated carbocycles. The summed E-state index contributed by atoms with van der Waals surface area (Å²) in [6.45, 7) is 7.75. The van der Waals surface area contributed by atoms with Gasteiger partial charge >= 0.3 is 12.0 Å².